The van der Waals surface area contributed by atoms with Gasteiger partial charge in [-0.1, -0.05) is 18.2 Å². The number of ether oxygens (including phenoxy) is 1. The summed E-state index contributed by atoms with van der Waals surface area (Å²) < 4.78 is 5.30. The topological polar surface area (TPSA) is 75.6 Å². The minimum absolute atomic E-state index is 0.229. The summed E-state index contributed by atoms with van der Waals surface area (Å²) in [4.78, 5) is 23.5. The predicted octanol–water partition coefficient (Wildman–Crippen LogP) is 2.20. The molecule has 0 fully saturated rings. The molecule has 0 aliphatic rings. The van der Waals surface area contributed by atoms with Crippen LogP contribution in [0.15, 0.2) is 24.3 Å². The SMILES string of the molecule is COc1ccccc1C(C)(C)C(=O)NC(C)C(C)C(=O)O. The number of carboxylic acids is 1. The van der Waals surface area contributed by atoms with Crippen LogP contribution >= 0.6 is 0 Å². The summed E-state index contributed by atoms with van der Waals surface area (Å²) >= 11 is 0. The van der Waals surface area contributed by atoms with Crippen molar-refractivity contribution in [2.24, 2.45) is 5.92 Å². The van der Waals surface area contributed by atoms with E-state index in [9.17, 15) is 9.59 Å². The first-order chi connectivity index (χ1) is 9.71. The van der Waals surface area contributed by atoms with Gasteiger partial charge in [0.1, 0.15) is 5.75 Å². The van der Waals surface area contributed by atoms with E-state index in [0.717, 1.165) is 5.56 Å². The highest BCUT2D eigenvalue weighted by molar-refractivity contribution is 5.88. The minimum Gasteiger partial charge on any atom is -0.496 e. The number of hydrogen-bond donors (Lipinski definition) is 2. The molecule has 0 spiro atoms. The molecule has 0 radical (unpaired) electrons. The Hall–Kier alpha value is -2.04. The van der Waals surface area contributed by atoms with Gasteiger partial charge in [-0.25, -0.2) is 0 Å². The molecule has 0 aliphatic carbocycles. The van der Waals surface area contributed by atoms with Crippen LogP contribution in [0, 0.1) is 5.92 Å². The largest absolute Gasteiger partial charge is 0.496 e. The molecule has 2 N–H and O–H groups in total. The predicted molar refractivity (Wildman–Crippen MR) is 80.4 cm³/mol. The van der Waals surface area contributed by atoms with E-state index in [1.807, 2.05) is 18.2 Å². The normalized spacial score (nSPS) is 14.1. The highest BCUT2D eigenvalue weighted by Crippen LogP contribution is 2.31. The van der Waals surface area contributed by atoms with Crippen molar-refractivity contribution in [1.29, 1.82) is 0 Å². The zero-order chi connectivity index (χ0) is 16.2. The number of methoxy groups -OCH3 is 1. The van der Waals surface area contributed by atoms with E-state index in [0.29, 0.717) is 5.75 Å². The van der Waals surface area contributed by atoms with Crippen LogP contribution in [0.1, 0.15) is 33.3 Å². The second-order valence-corrected chi connectivity index (χ2v) is 5.71. The lowest BCUT2D eigenvalue weighted by Gasteiger charge is -2.28. The first-order valence-electron chi connectivity index (χ1n) is 6.89. The summed E-state index contributed by atoms with van der Waals surface area (Å²) in [5, 5.41) is 11.8. The van der Waals surface area contributed by atoms with Crippen LogP contribution in [-0.2, 0) is 15.0 Å². The average Bonchev–Trinajstić information content (AvgIpc) is 2.45. The molecule has 5 heteroatoms. The second-order valence-electron chi connectivity index (χ2n) is 5.71. The van der Waals surface area contributed by atoms with Crippen LogP contribution in [-0.4, -0.2) is 30.1 Å². The maximum absolute atomic E-state index is 12.5. The molecule has 0 saturated heterocycles. The number of rotatable bonds is 6. The molecule has 0 aromatic heterocycles. The van der Waals surface area contributed by atoms with Crippen molar-refractivity contribution in [2.75, 3.05) is 7.11 Å². The number of aliphatic carboxylic acids is 1. The van der Waals surface area contributed by atoms with Gasteiger partial charge >= 0.3 is 5.97 Å². The Morgan fingerprint density at radius 3 is 2.33 bits per heavy atom. The van der Waals surface area contributed by atoms with Crippen LogP contribution < -0.4 is 10.1 Å². The maximum atomic E-state index is 12.5. The van der Waals surface area contributed by atoms with Crippen molar-refractivity contribution in [3.05, 3.63) is 29.8 Å². The second kappa shape index (κ2) is 6.61. The summed E-state index contributed by atoms with van der Waals surface area (Å²) in [6.07, 6.45) is 0. The van der Waals surface area contributed by atoms with Crippen LogP contribution in [0.3, 0.4) is 0 Å². The lowest BCUT2D eigenvalue weighted by atomic mass is 9.82. The van der Waals surface area contributed by atoms with Gasteiger partial charge < -0.3 is 15.2 Å². The van der Waals surface area contributed by atoms with Crippen molar-refractivity contribution in [3.63, 3.8) is 0 Å². The third kappa shape index (κ3) is 3.74. The molecule has 1 aromatic rings. The van der Waals surface area contributed by atoms with E-state index < -0.39 is 23.3 Å². The van der Waals surface area contributed by atoms with E-state index in [4.69, 9.17) is 9.84 Å². The van der Waals surface area contributed by atoms with Gasteiger partial charge in [0.15, 0.2) is 0 Å². The Labute approximate surface area is 125 Å². The highest BCUT2D eigenvalue weighted by Gasteiger charge is 2.34. The number of nitrogens with one attached hydrogen (secondary N) is 1. The van der Waals surface area contributed by atoms with E-state index in [1.54, 1.807) is 40.9 Å². The number of carboxylic acid groups (broad SMARTS) is 1. The molecule has 21 heavy (non-hydrogen) atoms. The quantitative estimate of drug-likeness (QED) is 0.843. The highest BCUT2D eigenvalue weighted by atomic mass is 16.5. The number of amides is 1. The van der Waals surface area contributed by atoms with E-state index in [2.05, 4.69) is 5.32 Å². The summed E-state index contributed by atoms with van der Waals surface area (Å²) in [6.45, 7) is 6.84. The molecule has 0 heterocycles. The van der Waals surface area contributed by atoms with Gasteiger partial charge in [0.2, 0.25) is 5.91 Å². The fourth-order valence-electron chi connectivity index (χ4n) is 2.01. The molecule has 2 unspecified atom stereocenters. The molecule has 2 atom stereocenters. The average molecular weight is 293 g/mol. The Bertz CT molecular complexity index is 525. The van der Waals surface area contributed by atoms with Crippen molar-refractivity contribution in [2.45, 2.75) is 39.2 Å². The van der Waals surface area contributed by atoms with Gasteiger partial charge in [-0.15, -0.1) is 0 Å². The van der Waals surface area contributed by atoms with Crippen LogP contribution in [0.25, 0.3) is 0 Å². The summed E-state index contributed by atoms with van der Waals surface area (Å²) in [5.74, 6) is -1.18. The van der Waals surface area contributed by atoms with Crippen LogP contribution in [0.4, 0.5) is 0 Å². The number of benzene rings is 1. The minimum atomic E-state index is -0.933. The Morgan fingerprint density at radius 1 is 1.24 bits per heavy atom. The van der Waals surface area contributed by atoms with Crippen molar-refractivity contribution < 1.29 is 19.4 Å². The fourth-order valence-corrected chi connectivity index (χ4v) is 2.01. The molecule has 1 amide bonds. The number of carbonyl (C=O) groups excluding carboxylic acids is 1. The standard InChI is InChI=1S/C16H23NO4/c1-10(14(18)19)11(2)17-15(20)16(3,4)12-8-6-7-9-13(12)21-5/h6-11H,1-5H3,(H,17,20)(H,18,19). The van der Waals surface area contributed by atoms with Crippen molar-refractivity contribution >= 4 is 11.9 Å². The van der Waals surface area contributed by atoms with Gasteiger partial charge in [-0.05, 0) is 33.8 Å². The first-order valence-corrected chi connectivity index (χ1v) is 6.89. The van der Waals surface area contributed by atoms with Gasteiger partial charge in [0.25, 0.3) is 0 Å². The number of hydrogen-bond acceptors (Lipinski definition) is 3. The van der Waals surface area contributed by atoms with Crippen LogP contribution in [0.2, 0.25) is 0 Å². The Balaban J connectivity index is 2.97. The third-order valence-corrected chi connectivity index (χ3v) is 3.85. The molecule has 0 saturated carbocycles. The summed E-state index contributed by atoms with van der Waals surface area (Å²) in [6, 6.07) is 6.86. The Morgan fingerprint density at radius 2 is 1.81 bits per heavy atom. The summed E-state index contributed by atoms with van der Waals surface area (Å²) in [7, 11) is 1.56. The molecule has 0 aliphatic heterocycles. The molecule has 1 aromatic carbocycles. The molecule has 0 bridgehead atoms. The zero-order valence-corrected chi connectivity index (χ0v) is 13.1. The van der Waals surface area contributed by atoms with Crippen LogP contribution in [0.5, 0.6) is 5.75 Å². The van der Waals surface area contributed by atoms with Gasteiger partial charge in [-0.3, -0.25) is 9.59 Å². The lowest BCUT2D eigenvalue weighted by Crippen LogP contribution is -2.47. The van der Waals surface area contributed by atoms with Crippen molar-refractivity contribution in [1.82, 2.24) is 5.32 Å². The maximum Gasteiger partial charge on any atom is 0.308 e. The Kier molecular flexibility index (Phi) is 5.35. The number of carbonyl (C=O) groups is 2. The first kappa shape index (κ1) is 17.0. The third-order valence-electron chi connectivity index (χ3n) is 3.85. The van der Waals surface area contributed by atoms with E-state index in [-0.39, 0.29) is 5.91 Å². The molecule has 1 rings (SSSR count). The molecular formula is C16H23NO4. The molecule has 5 nitrogen and oxygen atoms in total. The zero-order valence-electron chi connectivity index (χ0n) is 13.1. The lowest BCUT2D eigenvalue weighted by molar-refractivity contribution is -0.142. The van der Waals surface area contributed by atoms with E-state index in [1.165, 1.54) is 0 Å². The van der Waals surface area contributed by atoms with Crippen molar-refractivity contribution in [3.8, 4) is 5.75 Å². The monoisotopic (exact) mass is 293 g/mol. The van der Waals surface area contributed by atoms with Gasteiger partial charge in [-0.2, -0.15) is 0 Å². The smallest absolute Gasteiger partial charge is 0.308 e. The van der Waals surface area contributed by atoms with Gasteiger partial charge in [0.05, 0.1) is 18.4 Å². The van der Waals surface area contributed by atoms with E-state index >= 15 is 0 Å². The molecular weight excluding hydrogens is 270 g/mol. The van der Waals surface area contributed by atoms with Gasteiger partial charge in [0, 0.05) is 11.6 Å². The summed E-state index contributed by atoms with van der Waals surface area (Å²) in [5.41, 5.74) is -0.0563. The number of para-hydroxylation sites is 1. The fraction of sp³-hybridized carbons (Fsp3) is 0.500. The molecule has 116 valence electrons.